The van der Waals surface area contributed by atoms with E-state index in [-0.39, 0.29) is 12.6 Å². The zero-order chi connectivity index (χ0) is 11.5. The SMILES string of the molecule is CC(CO)N(C)c1nncc2ccccc12. The van der Waals surface area contributed by atoms with E-state index < -0.39 is 0 Å². The molecule has 4 heteroatoms. The molecule has 1 aromatic heterocycles. The van der Waals surface area contributed by atoms with Crippen molar-refractivity contribution in [1.29, 1.82) is 0 Å². The van der Waals surface area contributed by atoms with E-state index in [1.807, 2.05) is 43.1 Å². The van der Waals surface area contributed by atoms with Crippen LogP contribution in [-0.4, -0.2) is 35.0 Å². The first-order valence-electron chi connectivity index (χ1n) is 5.28. The summed E-state index contributed by atoms with van der Waals surface area (Å²) in [6.07, 6.45) is 1.75. The molecular formula is C12H15N3O. The molecule has 0 saturated carbocycles. The first-order valence-corrected chi connectivity index (χ1v) is 5.28. The van der Waals surface area contributed by atoms with E-state index in [2.05, 4.69) is 10.2 Å². The summed E-state index contributed by atoms with van der Waals surface area (Å²) in [7, 11) is 1.91. The highest BCUT2D eigenvalue weighted by Gasteiger charge is 2.13. The maximum Gasteiger partial charge on any atom is 0.159 e. The van der Waals surface area contributed by atoms with Gasteiger partial charge in [0.25, 0.3) is 0 Å². The van der Waals surface area contributed by atoms with E-state index in [9.17, 15) is 0 Å². The number of anilines is 1. The molecule has 1 heterocycles. The van der Waals surface area contributed by atoms with Crippen molar-refractivity contribution in [3.63, 3.8) is 0 Å². The molecule has 1 unspecified atom stereocenters. The Kier molecular flexibility index (Phi) is 3.01. The molecular weight excluding hydrogens is 202 g/mol. The Hall–Kier alpha value is -1.68. The molecule has 0 aliphatic rings. The fraction of sp³-hybridized carbons (Fsp3) is 0.333. The van der Waals surface area contributed by atoms with Gasteiger partial charge in [-0.05, 0) is 6.92 Å². The lowest BCUT2D eigenvalue weighted by Crippen LogP contribution is -2.32. The third-order valence-corrected chi connectivity index (χ3v) is 2.81. The van der Waals surface area contributed by atoms with Gasteiger partial charge in [-0.1, -0.05) is 24.3 Å². The van der Waals surface area contributed by atoms with Gasteiger partial charge in [-0.3, -0.25) is 0 Å². The number of rotatable bonds is 3. The van der Waals surface area contributed by atoms with Crippen LogP contribution in [0.4, 0.5) is 5.82 Å². The monoisotopic (exact) mass is 217 g/mol. The largest absolute Gasteiger partial charge is 0.394 e. The third-order valence-electron chi connectivity index (χ3n) is 2.81. The summed E-state index contributed by atoms with van der Waals surface area (Å²) in [5, 5.41) is 19.4. The van der Waals surface area contributed by atoms with Crippen molar-refractivity contribution in [3.05, 3.63) is 30.5 Å². The maximum absolute atomic E-state index is 9.15. The number of aliphatic hydroxyl groups is 1. The number of benzene rings is 1. The van der Waals surface area contributed by atoms with E-state index in [0.717, 1.165) is 16.6 Å². The van der Waals surface area contributed by atoms with E-state index in [1.165, 1.54) is 0 Å². The maximum atomic E-state index is 9.15. The van der Waals surface area contributed by atoms with Crippen LogP contribution in [0.15, 0.2) is 30.5 Å². The molecule has 1 aromatic carbocycles. The standard InChI is InChI=1S/C12H15N3O/c1-9(8-16)15(2)12-11-6-4-3-5-10(11)7-13-14-12/h3-7,9,16H,8H2,1-2H3. The van der Waals surface area contributed by atoms with Crippen LogP contribution in [0.3, 0.4) is 0 Å². The first-order chi connectivity index (χ1) is 7.74. The van der Waals surface area contributed by atoms with Gasteiger partial charge in [0.2, 0.25) is 0 Å². The Morgan fingerprint density at radius 1 is 1.38 bits per heavy atom. The molecule has 0 amide bonds. The minimum Gasteiger partial charge on any atom is -0.394 e. The highest BCUT2D eigenvalue weighted by molar-refractivity contribution is 5.91. The van der Waals surface area contributed by atoms with Crippen molar-refractivity contribution in [3.8, 4) is 0 Å². The van der Waals surface area contributed by atoms with Crippen molar-refractivity contribution < 1.29 is 5.11 Å². The second-order valence-corrected chi connectivity index (χ2v) is 3.90. The van der Waals surface area contributed by atoms with E-state index in [4.69, 9.17) is 5.11 Å². The molecule has 0 saturated heterocycles. The van der Waals surface area contributed by atoms with Crippen LogP contribution in [0.5, 0.6) is 0 Å². The highest BCUT2D eigenvalue weighted by atomic mass is 16.3. The molecule has 0 spiro atoms. The number of aromatic nitrogens is 2. The molecule has 0 aliphatic carbocycles. The Bertz CT molecular complexity index is 481. The molecule has 0 fully saturated rings. The fourth-order valence-electron chi connectivity index (χ4n) is 1.60. The van der Waals surface area contributed by atoms with Crippen molar-refractivity contribution in [2.24, 2.45) is 0 Å². The van der Waals surface area contributed by atoms with Crippen molar-refractivity contribution in [2.45, 2.75) is 13.0 Å². The number of hydrogen-bond acceptors (Lipinski definition) is 4. The lowest BCUT2D eigenvalue weighted by Gasteiger charge is -2.24. The molecule has 0 aliphatic heterocycles. The number of hydrogen-bond donors (Lipinski definition) is 1. The second kappa shape index (κ2) is 4.45. The lowest BCUT2D eigenvalue weighted by atomic mass is 10.2. The van der Waals surface area contributed by atoms with Gasteiger partial charge in [0, 0.05) is 17.8 Å². The summed E-state index contributed by atoms with van der Waals surface area (Å²) >= 11 is 0. The van der Waals surface area contributed by atoms with Crippen LogP contribution in [0.2, 0.25) is 0 Å². The van der Waals surface area contributed by atoms with Crippen LogP contribution >= 0.6 is 0 Å². The van der Waals surface area contributed by atoms with E-state index in [0.29, 0.717) is 0 Å². The number of aliphatic hydroxyl groups excluding tert-OH is 1. The molecule has 16 heavy (non-hydrogen) atoms. The van der Waals surface area contributed by atoms with Crippen molar-refractivity contribution >= 4 is 16.6 Å². The molecule has 0 radical (unpaired) electrons. The van der Waals surface area contributed by atoms with Crippen LogP contribution in [-0.2, 0) is 0 Å². The average Bonchev–Trinajstić information content (AvgIpc) is 2.36. The van der Waals surface area contributed by atoms with Gasteiger partial charge in [-0.2, -0.15) is 5.10 Å². The summed E-state index contributed by atoms with van der Waals surface area (Å²) in [6.45, 7) is 2.05. The van der Waals surface area contributed by atoms with Crippen molar-refractivity contribution in [1.82, 2.24) is 10.2 Å². The molecule has 2 aromatic rings. The zero-order valence-corrected chi connectivity index (χ0v) is 9.46. The fourth-order valence-corrected chi connectivity index (χ4v) is 1.60. The zero-order valence-electron chi connectivity index (χ0n) is 9.46. The number of nitrogens with zero attached hydrogens (tertiary/aromatic N) is 3. The predicted octanol–water partition coefficient (Wildman–Crippen LogP) is 1.45. The summed E-state index contributed by atoms with van der Waals surface area (Å²) in [6, 6.07) is 8.00. The Labute approximate surface area is 94.5 Å². The molecule has 84 valence electrons. The first kappa shape index (κ1) is 10.8. The van der Waals surface area contributed by atoms with Crippen LogP contribution in [0, 0.1) is 0 Å². The second-order valence-electron chi connectivity index (χ2n) is 3.90. The smallest absolute Gasteiger partial charge is 0.159 e. The van der Waals surface area contributed by atoms with Gasteiger partial charge in [-0.25, -0.2) is 0 Å². The van der Waals surface area contributed by atoms with Gasteiger partial charge < -0.3 is 10.0 Å². The molecule has 2 rings (SSSR count). The van der Waals surface area contributed by atoms with Crippen LogP contribution < -0.4 is 4.90 Å². The molecule has 1 atom stereocenters. The van der Waals surface area contributed by atoms with Gasteiger partial charge >= 0.3 is 0 Å². The van der Waals surface area contributed by atoms with E-state index >= 15 is 0 Å². The van der Waals surface area contributed by atoms with E-state index in [1.54, 1.807) is 6.20 Å². The van der Waals surface area contributed by atoms with Gasteiger partial charge in [0.1, 0.15) is 0 Å². The summed E-state index contributed by atoms with van der Waals surface area (Å²) in [4.78, 5) is 1.94. The highest BCUT2D eigenvalue weighted by Crippen LogP contribution is 2.23. The molecule has 4 nitrogen and oxygen atoms in total. The van der Waals surface area contributed by atoms with Gasteiger partial charge in [0.15, 0.2) is 5.82 Å². The quantitative estimate of drug-likeness (QED) is 0.845. The third kappa shape index (κ3) is 1.84. The minimum absolute atomic E-state index is 0.0279. The summed E-state index contributed by atoms with van der Waals surface area (Å²) in [5.41, 5.74) is 0. The predicted molar refractivity (Wildman–Crippen MR) is 64.5 cm³/mol. The van der Waals surface area contributed by atoms with Gasteiger partial charge in [-0.15, -0.1) is 5.10 Å². The van der Waals surface area contributed by atoms with Crippen LogP contribution in [0.25, 0.3) is 10.8 Å². The normalized spacial score (nSPS) is 12.7. The Morgan fingerprint density at radius 2 is 2.12 bits per heavy atom. The Morgan fingerprint density at radius 3 is 2.88 bits per heavy atom. The Balaban J connectivity index is 2.52. The molecule has 0 bridgehead atoms. The topological polar surface area (TPSA) is 49.2 Å². The minimum atomic E-state index is 0.0279. The van der Waals surface area contributed by atoms with Gasteiger partial charge in [0.05, 0.1) is 18.8 Å². The molecule has 1 N–H and O–H groups in total. The number of likely N-dealkylation sites (N-methyl/N-ethyl adjacent to an activating group) is 1. The number of fused-ring (bicyclic) bond motifs is 1. The summed E-state index contributed by atoms with van der Waals surface area (Å²) in [5.74, 6) is 0.805. The lowest BCUT2D eigenvalue weighted by molar-refractivity contribution is 0.270. The summed E-state index contributed by atoms with van der Waals surface area (Å²) < 4.78 is 0. The van der Waals surface area contributed by atoms with Crippen LogP contribution in [0.1, 0.15) is 6.92 Å². The van der Waals surface area contributed by atoms with Crippen molar-refractivity contribution in [2.75, 3.05) is 18.6 Å². The average molecular weight is 217 g/mol.